The molecule has 132 valence electrons. The fraction of sp³-hybridized carbons (Fsp3) is 0.368. The van der Waals surface area contributed by atoms with Crippen LogP contribution < -0.4 is 10.2 Å². The summed E-state index contributed by atoms with van der Waals surface area (Å²) in [5.41, 5.74) is 0.236. The SMILES string of the molecule is O=C(CCc1cc(F)ccc1F)NC1CCN(c2ccccn2)CC1. The summed E-state index contributed by atoms with van der Waals surface area (Å²) in [5.74, 6) is -0.134. The number of aryl methyl sites for hydroxylation is 1. The number of carbonyl (C=O) groups excluding carboxylic acids is 1. The van der Waals surface area contributed by atoms with E-state index in [2.05, 4.69) is 15.2 Å². The van der Waals surface area contributed by atoms with Crippen molar-refractivity contribution in [2.45, 2.75) is 31.7 Å². The molecule has 0 bridgehead atoms. The molecule has 6 heteroatoms. The second kappa shape index (κ2) is 8.05. The number of pyridine rings is 1. The van der Waals surface area contributed by atoms with Gasteiger partial charge in [0.2, 0.25) is 5.91 Å². The Morgan fingerprint density at radius 1 is 1.20 bits per heavy atom. The minimum atomic E-state index is -0.487. The van der Waals surface area contributed by atoms with E-state index in [0.29, 0.717) is 0 Å². The average Bonchev–Trinajstić information content (AvgIpc) is 2.64. The molecule has 0 radical (unpaired) electrons. The van der Waals surface area contributed by atoms with Crippen LogP contribution in [-0.4, -0.2) is 30.0 Å². The van der Waals surface area contributed by atoms with Crippen LogP contribution in [0, 0.1) is 11.6 Å². The lowest BCUT2D eigenvalue weighted by molar-refractivity contribution is -0.121. The number of benzene rings is 1. The van der Waals surface area contributed by atoms with E-state index in [-0.39, 0.29) is 30.4 Å². The van der Waals surface area contributed by atoms with Crippen molar-refractivity contribution < 1.29 is 13.6 Å². The van der Waals surface area contributed by atoms with Gasteiger partial charge in [0.05, 0.1) is 0 Å². The van der Waals surface area contributed by atoms with Crippen LogP contribution in [0.5, 0.6) is 0 Å². The molecule has 2 aromatic rings. The lowest BCUT2D eigenvalue weighted by atomic mass is 10.0. The number of carbonyl (C=O) groups is 1. The Bertz CT molecular complexity index is 716. The molecule has 0 spiro atoms. The van der Waals surface area contributed by atoms with E-state index in [1.807, 2.05) is 18.2 Å². The van der Waals surface area contributed by atoms with Gasteiger partial charge in [0.15, 0.2) is 0 Å². The lowest BCUT2D eigenvalue weighted by Gasteiger charge is -2.33. The molecule has 0 aliphatic carbocycles. The first-order chi connectivity index (χ1) is 12.1. The van der Waals surface area contributed by atoms with Gasteiger partial charge in [0, 0.05) is 31.7 Å². The summed E-state index contributed by atoms with van der Waals surface area (Å²) < 4.78 is 26.7. The number of nitrogens with zero attached hydrogens (tertiary/aromatic N) is 2. The summed E-state index contributed by atoms with van der Waals surface area (Å²) in [5, 5.41) is 2.99. The normalized spacial score (nSPS) is 15.2. The fourth-order valence-corrected chi connectivity index (χ4v) is 3.08. The summed E-state index contributed by atoms with van der Waals surface area (Å²) in [4.78, 5) is 18.6. The van der Waals surface area contributed by atoms with Gasteiger partial charge in [-0.2, -0.15) is 0 Å². The van der Waals surface area contributed by atoms with E-state index in [1.54, 1.807) is 6.20 Å². The van der Waals surface area contributed by atoms with E-state index in [1.165, 1.54) is 0 Å². The van der Waals surface area contributed by atoms with Crippen LogP contribution in [0.4, 0.5) is 14.6 Å². The van der Waals surface area contributed by atoms with Crippen LogP contribution in [-0.2, 0) is 11.2 Å². The maximum atomic E-state index is 13.6. The molecule has 1 aliphatic heterocycles. The highest BCUT2D eigenvalue weighted by molar-refractivity contribution is 5.76. The van der Waals surface area contributed by atoms with Gasteiger partial charge in [-0.25, -0.2) is 13.8 Å². The Labute approximate surface area is 145 Å². The van der Waals surface area contributed by atoms with E-state index < -0.39 is 11.6 Å². The fourth-order valence-electron chi connectivity index (χ4n) is 3.08. The number of rotatable bonds is 5. The van der Waals surface area contributed by atoms with Crippen molar-refractivity contribution in [3.63, 3.8) is 0 Å². The lowest BCUT2D eigenvalue weighted by Crippen LogP contribution is -2.45. The highest BCUT2D eigenvalue weighted by Crippen LogP contribution is 2.17. The first kappa shape index (κ1) is 17.3. The molecule has 3 rings (SSSR count). The van der Waals surface area contributed by atoms with Gasteiger partial charge in [0.1, 0.15) is 17.5 Å². The Hall–Kier alpha value is -2.50. The third-order valence-electron chi connectivity index (χ3n) is 4.46. The molecule has 1 fully saturated rings. The van der Waals surface area contributed by atoms with E-state index >= 15 is 0 Å². The van der Waals surface area contributed by atoms with Crippen molar-refractivity contribution in [2.75, 3.05) is 18.0 Å². The number of anilines is 1. The van der Waals surface area contributed by atoms with Crippen molar-refractivity contribution in [3.8, 4) is 0 Å². The third kappa shape index (κ3) is 4.75. The van der Waals surface area contributed by atoms with Crippen LogP contribution >= 0.6 is 0 Å². The Morgan fingerprint density at radius 2 is 2.00 bits per heavy atom. The van der Waals surface area contributed by atoms with Crippen molar-refractivity contribution >= 4 is 11.7 Å². The second-order valence-corrected chi connectivity index (χ2v) is 6.25. The standard InChI is InChI=1S/C19H21F2N3O/c20-15-5-6-17(21)14(13-15)4-7-19(25)23-16-8-11-24(12-9-16)18-3-1-2-10-22-18/h1-3,5-6,10,13,16H,4,7-9,11-12H2,(H,23,25). The van der Waals surface area contributed by atoms with E-state index in [4.69, 9.17) is 0 Å². The van der Waals surface area contributed by atoms with Crippen LogP contribution in [0.15, 0.2) is 42.6 Å². The van der Waals surface area contributed by atoms with Crippen molar-refractivity contribution in [3.05, 3.63) is 59.8 Å². The summed E-state index contributed by atoms with van der Waals surface area (Å²) >= 11 is 0. The molecule has 2 heterocycles. The first-order valence-corrected chi connectivity index (χ1v) is 8.51. The molecular weight excluding hydrogens is 324 g/mol. The number of aromatic nitrogens is 1. The number of hydrogen-bond donors (Lipinski definition) is 1. The van der Waals surface area contributed by atoms with E-state index in [0.717, 1.165) is 49.9 Å². The van der Waals surface area contributed by atoms with Gasteiger partial charge in [-0.15, -0.1) is 0 Å². The van der Waals surface area contributed by atoms with Gasteiger partial charge in [0.25, 0.3) is 0 Å². The topological polar surface area (TPSA) is 45.2 Å². The number of nitrogens with one attached hydrogen (secondary N) is 1. The molecule has 1 aromatic carbocycles. The smallest absolute Gasteiger partial charge is 0.220 e. The molecule has 1 amide bonds. The maximum absolute atomic E-state index is 13.6. The predicted octanol–water partition coefficient (Wildman–Crippen LogP) is 3.08. The molecule has 1 N–H and O–H groups in total. The van der Waals surface area contributed by atoms with Gasteiger partial charge in [-0.1, -0.05) is 6.07 Å². The molecule has 0 unspecified atom stereocenters. The van der Waals surface area contributed by atoms with Crippen LogP contribution in [0.1, 0.15) is 24.8 Å². The molecule has 0 saturated carbocycles. The second-order valence-electron chi connectivity index (χ2n) is 6.25. The average molecular weight is 345 g/mol. The zero-order chi connectivity index (χ0) is 17.6. The molecular formula is C19H21F2N3O. The largest absolute Gasteiger partial charge is 0.356 e. The van der Waals surface area contributed by atoms with Crippen LogP contribution in [0.3, 0.4) is 0 Å². The summed E-state index contributed by atoms with van der Waals surface area (Å²) in [6, 6.07) is 9.26. The number of piperidine rings is 1. The van der Waals surface area contributed by atoms with Crippen molar-refractivity contribution in [2.24, 2.45) is 0 Å². The number of halogens is 2. The molecule has 1 aliphatic rings. The van der Waals surface area contributed by atoms with Gasteiger partial charge in [-0.05, 0) is 55.2 Å². The summed E-state index contributed by atoms with van der Waals surface area (Å²) in [7, 11) is 0. The highest BCUT2D eigenvalue weighted by atomic mass is 19.1. The van der Waals surface area contributed by atoms with Gasteiger partial charge in [-0.3, -0.25) is 4.79 Å². The van der Waals surface area contributed by atoms with Crippen LogP contribution in [0.25, 0.3) is 0 Å². The van der Waals surface area contributed by atoms with Gasteiger partial charge < -0.3 is 10.2 Å². The summed E-state index contributed by atoms with van der Waals surface area (Å²) in [6.07, 6.45) is 3.81. The minimum Gasteiger partial charge on any atom is -0.356 e. The Morgan fingerprint density at radius 3 is 2.72 bits per heavy atom. The van der Waals surface area contributed by atoms with Crippen molar-refractivity contribution in [1.82, 2.24) is 10.3 Å². The molecule has 1 saturated heterocycles. The van der Waals surface area contributed by atoms with E-state index in [9.17, 15) is 13.6 Å². The first-order valence-electron chi connectivity index (χ1n) is 8.51. The molecule has 4 nitrogen and oxygen atoms in total. The minimum absolute atomic E-state index is 0.116. The monoisotopic (exact) mass is 345 g/mol. The zero-order valence-corrected chi connectivity index (χ0v) is 13.9. The predicted molar refractivity (Wildman–Crippen MR) is 92.3 cm³/mol. The van der Waals surface area contributed by atoms with Crippen LogP contribution in [0.2, 0.25) is 0 Å². The quantitative estimate of drug-likeness (QED) is 0.906. The Kier molecular flexibility index (Phi) is 5.58. The number of amides is 1. The highest BCUT2D eigenvalue weighted by Gasteiger charge is 2.21. The van der Waals surface area contributed by atoms with Crippen molar-refractivity contribution in [1.29, 1.82) is 0 Å². The maximum Gasteiger partial charge on any atom is 0.220 e. The summed E-state index contributed by atoms with van der Waals surface area (Å²) in [6.45, 7) is 1.67. The third-order valence-corrected chi connectivity index (χ3v) is 4.46. The molecule has 1 aromatic heterocycles. The zero-order valence-electron chi connectivity index (χ0n) is 13.9. The Balaban J connectivity index is 1.44. The van der Waals surface area contributed by atoms with Gasteiger partial charge >= 0.3 is 0 Å². The number of hydrogen-bond acceptors (Lipinski definition) is 3. The molecule has 0 atom stereocenters. The molecule has 25 heavy (non-hydrogen) atoms.